The number of aromatic nitrogens is 3. The molecule has 2 aromatic heterocycles. The van der Waals surface area contributed by atoms with Crippen LogP contribution in [0.2, 0.25) is 0 Å². The van der Waals surface area contributed by atoms with E-state index >= 15 is 4.39 Å². The van der Waals surface area contributed by atoms with Crippen LogP contribution in [0.15, 0.2) is 30.7 Å². The van der Waals surface area contributed by atoms with Crippen molar-refractivity contribution in [3.63, 3.8) is 0 Å². The van der Waals surface area contributed by atoms with Crippen LogP contribution in [0.4, 0.5) is 10.2 Å². The third-order valence-corrected chi connectivity index (χ3v) is 8.10. The molecule has 0 spiro atoms. The first-order valence-corrected chi connectivity index (χ1v) is 13.1. The maximum absolute atomic E-state index is 15.7. The zero-order valence-corrected chi connectivity index (χ0v) is 21.1. The van der Waals surface area contributed by atoms with Gasteiger partial charge in [-0.25, -0.2) is 14.4 Å². The Morgan fingerprint density at radius 2 is 1.97 bits per heavy atom. The summed E-state index contributed by atoms with van der Waals surface area (Å²) in [4.78, 5) is 24.8. The fraction of sp³-hybridized carbons (Fsp3) is 0.519. The van der Waals surface area contributed by atoms with Gasteiger partial charge < -0.3 is 24.7 Å². The van der Waals surface area contributed by atoms with Gasteiger partial charge in [-0.3, -0.25) is 9.69 Å². The van der Waals surface area contributed by atoms with Gasteiger partial charge in [0.1, 0.15) is 24.4 Å². The van der Waals surface area contributed by atoms with E-state index in [2.05, 4.69) is 19.4 Å². The van der Waals surface area contributed by atoms with Gasteiger partial charge in [-0.2, -0.15) is 0 Å². The Labute approximate surface area is 215 Å². The van der Waals surface area contributed by atoms with Crippen molar-refractivity contribution < 1.29 is 18.7 Å². The fourth-order valence-corrected chi connectivity index (χ4v) is 5.87. The van der Waals surface area contributed by atoms with Crippen LogP contribution >= 0.6 is 0 Å². The number of anilines is 1. The van der Waals surface area contributed by atoms with Gasteiger partial charge in [0, 0.05) is 69.1 Å². The van der Waals surface area contributed by atoms with Gasteiger partial charge in [0.25, 0.3) is 0 Å². The number of benzene rings is 1. The molecule has 2 saturated heterocycles. The Hall–Kier alpha value is -3.24. The lowest BCUT2D eigenvalue weighted by Gasteiger charge is -2.46. The van der Waals surface area contributed by atoms with Gasteiger partial charge in [0.15, 0.2) is 11.6 Å². The number of fused-ring (bicyclic) bond motifs is 1. The van der Waals surface area contributed by atoms with Crippen molar-refractivity contribution in [2.75, 3.05) is 45.1 Å². The predicted octanol–water partition coefficient (Wildman–Crippen LogP) is 3.25. The van der Waals surface area contributed by atoms with Crippen LogP contribution in [-0.4, -0.2) is 81.8 Å². The minimum Gasteiger partial charge on any atom is -0.488 e. The zero-order valence-electron chi connectivity index (χ0n) is 21.1. The maximum atomic E-state index is 15.7. The second kappa shape index (κ2) is 9.90. The highest BCUT2D eigenvalue weighted by molar-refractivity contribution is 6.01. The number of amides is 1. The summed E-state index contributed by atoms with van der Waals surface area (Å²) in [6, 6.07) is 5.90. The molecular weight excluding hydrogens is 475 g/mol. The molecule has 0 bridgehead atoms. The second-order valence-electron chi connectivity index (χ2n) is 10.3. The zero-order chi connectivity index (χ0) is 25.5. The monoisotopic (exact) mass is 508 g/mol. The van der Waals surface area contributed by atoms with E-state index in [1.54, 1.807) is 25.1 Å². The number of rotatable bonds is 6. The van der Waals surface area contributed by atoms with Gasteiger partial charge in [-0.05, 0) is 31.7 Å². The molecule has 3 fully saturated rings. The molecule has 1 aliphatic carbocycles. The minimum absolute atomic E-state index is 0.00557. The normalized spacial score (nSPS) is 24.4. The number of nitrogens with zero attached hydrogens (tertiary/aromatic N) is 5. The summed E-state index contributed by atoms with van der Waals surface area (Å²) in [5.41, 5.74) is 8.12. The molecule has 9 nitrogen and oxygen atoms in total. The van der Waals surface area contributed by atoms with E-state index < -0.39 is 5.82 Å². The number of nitrogen functional groups attached to an aromatic ring is 1. The van der Waals surface area contributed by atoms with Gasteiger partial charge in [0.05, 0.1) is 11.5 Å². The largest absolute Gasteiger partial charge is 0.488 e. The lowest BCUT2D eigenvalue weighted by Crippen LogP contribution is -2.54. The van der Waals surface area contributed by atoms with Crippen molar-refractivity contribution in [3.05, 3.63) is 36.5 Å². The summed E-state index contributed by atoms with van der Waals surface area (Å²) in [5.74, 6) is 0.263. The predicted molar refractivity (Wildman–Crippen MR) is 138 cm³/mol. The number of hydrogen-bond donors (Lipinski definition) is 1. The summed E-state index contributed by atoms with van der Waals surface area (Å²) < 4.78 is 29.3. The van der Waals surface area contributed by atoms with Gasteiger partial charge >= 0.3 is 0 Å². The first-order chi connectivity index (χ1) is 18.0. The fourth-order valence-electron chi connectivity index (χ4n) is 5.87. The summed E-state index contributed by atoms with van der Waals surface area (Å²) in [6.45, 7) is 6.04. The molecule has 4 heterocycles. The minimum atomic E-state index is -0.419. The average molecular weight is 509 g/mol. The van der Waals surface area contributed by atoms with Crippen LogP contribution in [0, 0.1) is 5.82 Å². The topological polar surface area (TPSA) is 98.7 Å². The second-order valence-corrected chi connectivity index (χ2v) is 10.3. The SMILES string of the molecule is CC(=O)N1CCN(C2CC(n3cc(-c4cccc(OCC5CCCO5)c4F)c4c(N)ncnc43)C2)CC1. The standard InChI is InChI=1S/C27H33FN6O3/c1-17(35)32-7-9-33(10-8-32)18-12-19(13-18)34-14-22(24-26(29)30-16-31-27(24)34)21-5-2-6-23(25(21)28)37-15-20-4-3-11-36-20/h2,5-6,14,16,18-20H,3-4,7-13,15H2,1H3,(H2,29,30,31). The van der Waals surface area contributed by atoms with E-state index in [1.165, 1.54) is 6.33 Å². The summed E-state index contributed by atoms with van der Waals surface area (Å²) in [5, 5.41) is 0.663. The number of carbonyl (C=O) groups excluding carboxylic acids is 1. The Kier molecular flexibility index (Phi) is 6.46. The number of carbonyl (C=O) groups is 1. The van der Waals surface area contributed by atoms with Crippen LogP contribution in [0.5, 0.6) is 5.75 Å². The molecule has 2 N–H and O–H groups in total. The first-order valence-electron chi connectivity index (χ1n) is 13.1. The van der Waals surface area contributed by atoms with Crippen LogP contribution in [0.3, 0.4) is 0 Å². The molecule has 37 heavy (non-hydrogen) atoms. The summed E-state index contributed by atoms with van der Waals surface area (Å²) in [6.07, 6.45) is 7.31. The Balaban J connectivity index is 1.24. The molecule has 1 saturated carbocycles. The molecule has 1 unspecified atom stereocenters. The van der Waals surface area contributed by atoms with Crippen LogP contribution in [0.1, 0.15) is 38.6 Å². The van der Waals surface area contributed by atoms with Crippen LogP contribution < -0.4 is 10.5 Å². The first kappa shape index (κ1) is 24.1. The third kappa shape index (κ3) is 4.53. The molecular formula is C27H33FN6O3. The molecule has 1 atom stereocenters. The maximum Gasteiger partial charge on any atom is 0.219 e. The molecule has 1 aromatic carbocycles. The molecule has 3 aliphatic rings. The van der Waals surface area contributed by atoms with E-state index in [-0.39, 0.29) is 23.8 Å². The van der Waals surface area contributed by atoms with Crippen molar-refractivity contribution in [3.8, 4) is 16.9 Å². The van der Waals surface area contributed by atoms with Crippen molar-refractivity contribution in [1.29, 1.82) is 0 Å². The van der Waals surface area contributed by atoms with E-state index in [0.717, 1.165) is 64.1 Å². The number of hydrogen-bond acceptors (Lipinski definition) is 7. The number of ether oxygens (including phenoxy) is 2. The van der Waals surface area contributed by atoms with Crippen molar-refractivity contribution in [2.24, 2.45) is 0 Å². The molecule has 0 radical (unpaired) electrons. The molecule has 10 heteroatoms. The van der Waals surface area contributed by atoms with Crippen LogP contribution in [0.25, 0.3) is 22.2 Å². The quantitative estimate of drug-likeness (QED) is 0.546. The van der Waals surface area contributed by atoms with E-state index in [0.29, 0.717) is 35.0 Å². The Morgan fingerprint density at radius 3 is 2.70 bits per heavy atom. The average Bonchev–Trinajstić information content (AvgIpc) is 3.52. The van der Waals surface area contributed by atoms with Gasteiger partial charge in [-0.1, -0.05) is 12.1 Å². The van der Waals surface area contributed by atoms with E-state index in [1.807, 2.05) is 11.1 Å². The van der Waals surface area contributed by atoms with Crippen molar-refractivity contribution in [1.82, 2.24) is 24.3 Å². The number of halogens is 1. The highest BCUT2D eigenvalue weighted by Gasteiger charge is 2.37. The van der Waals surface area contributed by atoms with E-state index in [4.69, 9.17) is 15.2 Å². The number of nitrogens with two attached hydrogens (primary N) is 1. The molecule has 3 aromatic rings. The molecule has 196 valence electrons. The summed E-state index contributed by atoms with van der Waals surface area (Å²) >= 11 is 0. The van der Waals surface area contributed by atoms with Crippen LogP contribution in [-0.2, 0) is 9.53 Å². The molecule has 1 amide bonds. The summed E-state index contributed by atoms with van der Waals surface area (Å²) in [7, 11) is 0. The van der Waals surface area contributed by atoms with Crippen molar-refractivity contribution in [2.45, 2.75) is 50.8 Å². The van der Waals surface area contributed by atoms with Gasteiger partial charge in [0.2, 0.25) is 5.91 Å². The lowest BCUT2D eigenvalue weighted by molar-refractivity contribution is -0.131. The van der Waals surface area contributed by atoms with Crippen molar-refractivity contribution >= 4 is 22.8 Å². The number of piperazine rings is 1. The molecule has 2 aliphatic heterocycles. The smallest absolute Gasteiger partial charge is 0.219 e. The Morgan fingerprint density at radius 1 is 1.16 bits per heavy atom. The Bertz CT molecular complexity index is 1290. The lowest BCUT2D eigenvalue weighted by atomic mass is 9.85. The van der Waals surface area contributed by atoms with Gasteiger partial charge in [-0.15, -0.1) is 0 Å². The highest BCUT2D eigenvalue weighted by Crippen LogP contribution is 2.43. The third-order valence-electron chi connectivity index (χ3n) is 8.10. The highest BCUT2D eigenvalue weighted by atomic mass is 19.1. The van der Waals surface area contributed by atoms with E-state index in [9.17, 15) is 4.79 Å². The molecule has 6 rings (SSSR count).